The highest BCUT2D eigenvalue weighted by Crippen LogP contribution is 2.28. The normalized spacial score (nSPS) is 16.2. The summed E-state index contributed by atoms with van der Waals surface area (Å²) < 4.78 is 0. The maximum atomic E-state index is 12.9. The van der Waals surface area contributed by atoms with E-state index in [0.717, 1.165) is 16.0 Å². The van der Waals surface area contributed by atoms with Crippen LogP contribution >= 0.6 is 11.6 Å². The second-order valence-electron chi connectivity index (χ2n) is 5.96. The number of amides is 4. The molecule has 3 rings (SSSR count). The van der Waals surface area contributed by atoms with Crippen LogP contribution in [0.25, 0.3) is 6.08 Å². The molecule has 1 heterocycles. The Labute approximate surface area is 154 Å². The molecule has 6 nitrogen and oxygen atoms in total. The van der Waals surface area contributed by atoms with Crippen molar-refractivity contribution in [1.82, 2.24) is 5.32 Å². The fraction of sp³-hybridized carbons (Fsp3) is 0.105. The second-order valence-corrected chi connectivity index (χ2v) is 6.37. The lowest BCUT2D eigenvalue weighted by Gasteiger charge is -2.27. The molecule has 0 radical (unpaired) electrons. The lowest BCUT2D eigenvalue weighted by Crippen LogP contribution is -2.54. The van der Waals surface area contributed by atoms with Crippen molar-refractivity contribution in [3.8, 4) is 5.75 Å². The first-order valence-electron chi connectivity index (χ1n) is 7.75. The molecule has 0 aromatic heterocycles. The van der Waals surface area contributed by atoms with Crippen LogP contribution in [0.15, 0.2) is 42.0 Å². The molecule has 0 aliphatic carbocycles. The van der Waals surface area contributed by atoms with Crippen molar-refractivity contribution in [1.29, 1.82) is 0 Å². The number of carbonyl (C=O) groups excluding carboxylic acids is 3. The van der Waals surface area contributed by atoms with Crippen molar-refractivity contribution < 1.29 is 19.5 Å². The Bertz CT molecular complexity index is 981. The summed E-state index contributed by atoms with van der Waals surface area (Å²) in [6.07, 6.45) is 1.33. The van der Waals surface area contributed by atoms with Crippen LogP contribution in [0.3, 0.4) is 0 Å². The van der Waals surface area contributed by atoms with Crippen LogP contribution in [0, 0.1) is 13.8 Å². The zero-order valence-electron chi connectivity index (χ0n) is 14.0. The number of aromatic hydroxyl groups is 1. The third-order valence-corrected chi connectivity index (χ3v) is 4.29. The monoisotopic (exact) mass is 370 g/mol. The third kappa shape index (κ3) is 3.19. The number of anilines is 1. The van der Waals surface area contributed by atoms with Gasteiger partial charge < -0.3 is 5.11 Å². The summed E-state index contributed by atoms with van der Waals surface area (Å²) in [5, 5.41) is 11.8. The van der Waals surface area contributed by atoms with E-state index in [-0.39, 0.29) is 16.3 Å². The Morgan fingerprint density at radius 1 is 1.08 bits per heavy atom. The number of phenolic OH excluding ortho intramolecular Hbond substituents is 1. The molecular weight excluding hydrogens is 356 g/mol. The number of nitrogens with zero attached hydrogens (tertiary/aromatic N) is 1. The molecule has 1 fully saturated rings. The number of imide groups is 2. The summed E-state index contributed by atoms with van der Waals surface area (Å²) in [4.78, 5) is 38.2. The van der Waals surface area contributed by atoms with Gasteiger partial charge in [-0.25, -0.2) is 9.69 Å². The Balaban J connectivity index is 2.07. The molecule has 1 aliphatic heterocycles. The van der Waals surface area contributed by atoms with Gasteiger partial charge in [-0.05, 0) is 54.8 Å². The van der Waals surface area contributed by atoms with Crippen LogP contribution in [-0.2, 0) is 9.59 Å². The largest absolute Gasteiger partial charge is 0.506 e. The van der Waals surface area contributed by atoms with Gasteiger partial charge in [-0.15, -0.1) is 0 Å². The van der Waals surface area contributed by atoms with Gasteiger partial charge in [-0.1, -0.05) is 29.8 Å². The van der Waals surface area contributed by atoms with E-state index in [0.29, 0.717) is 11.3 Å². The number of barbiturate groups is 1. The fourth-order valence-electron chi connectivity index (χ4n) is 2.62. The molecular formula is C19H15ClN2O4. The predicted molar refractivity (Wildman–Crippen MR) is 98.0 cm³/mol. The molecule has 0 saturated carbocycles. The second kappa shape index (κ2) is 6.65. The molecule has 0 unspecified atom stereocenters. The maximum absolute atomic E-state index is 12.9. The van der Waals surface area contributed by atoms with E-state index in [1.165, 1.54) is 24.3 Å². The number of carbonyl (C=O) groups is 3. The van der Waals surface area contributed by atoms with E-state index in [1.54, 1.807) is 19.1 Å². The summed E-state index contributed by atoms with van der Waals surface area (Å²) in [5.41, 5.74) is 2.25. The van der Waals surface area contributed by atoms with Crippen molar-refractivity contribution in [2.45, 2.75) is 13.8 Å². The molecule has 26 heavy (non-hydrogen) atoms. The van der Waals surface area contributed by atoms with Gasteiger partial charge in [0.05, 0.1) is 10.7 Å². The van der Waals surface area contributed by atoms with Crippen molar-refractivity contribution in [2.24, 2.45) is 0 Å². The molecule has 4 amide bonds. The highest BCUT2D eigenvalue weighted by Gasteiger charge is 2.37. The molecule has 132 valence electrons. The van der Waals surface area contributed by atoms with Crippen LogP contribution in [0.2, 0.25) is 5.02 Å². The first kappa shape index (κ1) is 17.7. The summed E-state index contributed by atoms with van der Waals surface area (Å²) >= 11 is 5.86. The third-order valence-electron chi connectivity index (χ3n) is 3.99. The number of hydrogen-bond acceptors (Lipinski definition) is 4. The molecule has 1 aliphatic rings. The van der Waals surface area contributed by atoms with Gasteiger partial charge in [-0.3, -0.25) is 14.9 Å². The molecule has 7 heteroatoms. The van der Waals surface area contributed by atoms with Crippen LogP contribution in [0.5, 0.6) is 5.75 Å². The standard InChI is InChI=1S/C19H15ClN2O4/c1-10-3-4-11(2)15(7-10)22-18(25)13(17(24)21-19(22)26)8-12-5-6-16(23)14(20)9-12/h3-9,23H,1-2H3,(H,21,24,26). The van der Waals surface area contributed by atoms with Crippen LogP contribution < -0.4 is 10.2 Å². The quantitative estimate of drug-likeness (QED) is 0.627. The minimum atomic E-state index is -0.797. The highest BCUT2D eigenvalue weighted by atomic mass is 35.5. The van der Waals surface area contributed by atoms with Gasteiger partial charge in [0.25, 0.3) is 11.8 Å². The van der Waals surface area contributed by atoms with Crippen LogP contribution in [0.1, 0.15) is 16.7 Å². The molecule has 0 spiro atoms. The Morgan fingerprint density at radius 2 is 1.81 bits per heavy atom. The number of aryl methyl sites for hydroxylation is 2. The van der Waals surface area contributed by atoms with E-state index in [1.807, 2.05) is 13.0 Å². The summed E-state index contributed by atoms with van der Waals surface area (Å²) in [6, 6.07) is 8.85. The molecule has 0 bridgehead atoms. The molecule has 2 N–H and O–H groups in total. The van der Waals surface area contributed by atoms with Gasteiger partial charge in [0.2, 0.25) is 0 Å². The SMILES string of the molecule is Cc1ccc(C)c(N2C(=O)NC(=O)C(=Cc3ccc(O)c(Cl)c3)C2=O)c1. The van der Waals surface area contributed by atoms with E-state index in [2.05, 4.69) is 5.32 Å². The number of urea groups is 1. The number of rotatable bonds is 2. The Kier molecular flexibility index (Phi) is 4.52. The molecule has 2 aromatic carbocycles. The smallest absolute Gasteiger partial charge is 0.335 e. The number of halogens is 1. The average molecular weight is 371 g/mol. The maximum Gasteiger partial charge on any atom is 0.335 e. The lowest BCUT2D eigenvalue weighted by atomic mass is 10.0. The summed E-state index contributed by atoms with van der Waals surface area (Å²) in [6.45, 7) is 3.62. The van der Waals surface area contributed by atoms with Gasteiger partial charge in [0, 0.05) is 0 Å². The van der Waals surface area contributed by atoms with Gasteiger partial charge in [0.15, 0.2) is 0 Å². The van der Waals surface area contributed by atoms with Crippen molar-refractivity contribution in [3.05, 3.63) is 63.7 Å². The first-order chi connectivity index (χ1) is 12.3. The summed E-state index contributed by atoms with van der Waals surface area (Å²) in [7, 11) is 0. The van der Waals surface area contributed by atoms with Gasteiger partial charge in [-0.2, -0.15) is 0 Å². The van der Waals surface area contributed by atoms with Crippen LogP contribution in [-0.4, -0.2) is 23.0 Å². The minimum absolute atomic E-state index is 0.0884. The van der Waals surface area contributed by atoms with E-state index >= 15 is 0 Å². The van der Waals surface area contributed by atoms with Gasteiger partial charge in [0.1, 0.15) is 11.3 Å². The highest BCUT2D eigenvalue weighted by molar-refractivity contribution is 6.39. The van der Waals surface area contributed by atoms with Gasteiger partial charge >= 0.3 is 6.03 Å². The molecule has 2 aromatic rings. The number of benzene rings is 2. The minimum Gasteiger partial charge on any atom is -0.506 e. The average Bonchev–Trinajstić information content (AvgIpc) is 2.57. The van der Waals surface area contributed by atoms with E-state index in [9.17, 15) is 19.5 Å². The van der Waals surface area contributed by atoms with Crippen LogP contribution in [0.4, 0.5) is 10.5 Å². The van der Waals surface area contributed by atoms with Crippen molar-refractivity contribution in [3.63, 3.8) is 0 Å². The topological polar surface area (TPSA) is 86.7 Å². The van der Waals surface area contributed by atoms with Crippen molar-refractivity contribution >= 4 is 41.2 Å². The zero-order valence-corrected chi connectivity index (χ0v) is 14.8. The number of nitrogens with one attached hydrogen (secondary N) is 1. The summed E-state index contributed by atoms with van der Waals surface area (Å²) in [5.74, 6) is -1.62. The lowest BCUT2D eigenvalue weighted by molar-refractivity contribution is -0.122. The number of phenols is 1. The zero-order chi connectivity index (χ0) is 19.0. The van der Waals surface area contributed by atoms with E-state index < -0.39 is 17.8 Å². The van der Waals surface area contributed by atoms with E-state index in [4.69, 9.17) is 11.6 Å². The molecule has 0 atom stereocenters. The number of hydrogen-bond donors (Lipinski definition) is 2. The Hall–Kier alpha value is -3.12. The molecule has 1 saturated heterocycles. The fourth-order valence-corrected chi connectivity index (χ4v) is 2.81. The predicted octanol–water partition coefficient (Wildman–Crippen LogP) is 3.33. The first-order valence-corrected chi connectivity index (χ1v) is 8.13. The van der Waals surface area contributed by atoms with Crippen molar-refractivity contribution in [2.75, 3.05) is 4.90 Å². The Morgan fingerprint density at radius 3 is 2.50 bits per heavy atom.